The van der Waals surface area contributed by atoms with Crippen LogP contribution in [0.15, 0.2) is 30.3 Å². The maximum atomic E-state index is 12.9. The van der Waals surface area contributed by atoms with Crippen LogP contribution in [0.1, 0.15) is 69.9 Å². The van der Waals surface area contributed by atoms with Crippen LogP contribution in [0.3, 0.4) is 0 Å². The van der Waals surface area contributed by atoms with E-state index in [1.165, 1.54) is 0 Å². The van der Waals surface area contributed by atoms with Crippen molar-refractivity contribution in [1.82, 2.24) is 15.5 Å². The first-order chi connectivity index (χ1) is 13.1. The lowest BCUT2D eigenvalue weighted by atomic mass is 9.90. The summed E-state index contributed by atoms with van der Waals surface area (Å²) in [5.74, 6) is -0.539. The first-order valence-corrected chi connectivity index (χ1v) is 10.0. The number of nitrogens with one attached hydrogen (secondary N) is 2. The molecule has 1 aliphatic carbocycles. The van der Waals surface area contributed by atoms with Gasteiger partial charge in [-0.1, -0.05) is 69.4 Å². The fourth-order valence-corrected chi connectivity index (χ4v) is 4.17. The Kier molecular flexibility index (Phi) is 6.14. The predicted octanol–water partition coefficient (Wildman–Crippen LogP) is 3.29. The van der Waals surface area contributed by atoms with Crippen molar-refractivity contribution in [2.45, 2.75) is 69.9 Å². The van der Waals surface area contributed by atoms with Gasteiger partial charge in [-0.3, -0.25) is 14.5 Å². The van der Waals surface area contributed by atoms with Crippen LogP contribution in [0.2, 0.25) is 0 Å². The van der Waals surface area contributed by atoms with E-state index in [-0.39, 0.29) is 24.4 Å². The molecule has 1 spiro atoms. The molecule has 4 amide bonds. The summed E-state index contributed by atoms with van der Waals surface area (Å²) in [7, 11) is 0. The van der Waals surface area contributed by atoms with E-state index in [0.717, 1.165) is 49.0 Å². The van der Waals surface area contributed by atoms with Gasteiger partial charge in [-0.15, -0.1) is 0 Å². The molecule has 1 aromatic carbocycles. The molecule has 1 aliphatic heterocycles. The van der Waals surface area contributed by atoms with E-state index in [1.807, 2.05) is 30.3 Å². The smallest absolute Gasteiger partial charge is 0.325 e. The summed E-state index contributed by atoms with van der Waals surface area (Å²) >= 11 is 0. The molecule has 1 saturated carbocycles. The molecule has 27 heavy (non-hydrogen) atoms. The van der Waals surface area contributed by atoms with Gasteiger partial charge in [0.15, 0.2) is 0 Å². The molecule has 0 aromatic heterocycles. The molecule has 1 atom stereocenters. The van der Waals surface area contributed by atoms with Gasteiger partial charge in [-0.2, -0.15) is 0 Å². The first kappa shape index (κ1) is 19.4. The second kappa shape index (κ2) is 8.55. The lowest BCUT2D eigenvalue weighted by molar-refractivity contribution is -0.135. The van der Waals surface area contributed by atoms with Crippen LogP contribution < -0.4 is 10.6 Å². The Morgan fingerprint density at radius 1 is 1.15 bits per heavy atom. The van der Waals surface area contributed by atoms with Crippen molar-refractivity contribution in [2.75, 3.05) is 6.54 Å². The number of nitrogens with zero attached hydrogens (tertiary/aromatic N) is 1. The molecule has 1 heterocycles. The molecular formula is C21H29N3O3. The van der Waals surface area contributed by atoms with Gasteiger partial charge >= 0.3 is 6.03 Å². The van der Waals surface area contributed by atoms with Gasteiger partial charge in [-0.25, -0.2) is 4.79 Å². The number of benzene rings is 1. The fourth-order valence-electron chi connectivity index (χ4n) is 4.17. The van der Waals surface area contributed by atoms with E-state index in [2.05, 4.69) is 17.6 Å². The Labute approximate surface area is 160 Å². The quantitative estimate of drug-likeness (QED) is 0.753. The van der Waals surface area contributed by atoms with Crippen molar-refractivity contribution in [3.05, 3.63) is 35.9 Å². The maximum absolute atomic E-state index is 12.9. The van der Waals surface area contributed by atoms with Crippen LogP contribution in [-0.2, 0) is 9.59 Å². The Hall–Kier alpha value is -2.37. The number of carbonyl (C=O) groups is 3. The standard InChI is InChI=1S/C21H29N3O3/c1-2-10-17(16-11-6-5-7-12-16)22-18(25)15-24-19(26)21(23-20(24)27)13-8-3-4-9-14-21/h5-7,11-12,17H,2-4,8-10,13-15H2,1H3,(H,22,25)(H,23,27)/t17-/m0/s1. The zero-order valence-electron chi connectivity index (χ0n) is 16.0. The van der Waals surface area contributed by atoms with Crippen LogP contribution in [-0.4, -0.2) is 34.8 Å². The van der Waals surface area contributed by atoms with Crippen LogP contribution in [0.5, 0.6) is 0 Å². The molecule has 0 bridgehead atoms. The van der Waals surface area contributed by atoms with Gasteiger partial charge in [0, 0.05) is 0 Å². The summed E-state index contributed by atoms with van der Waals surface area (Å²) in [5, 5.41) is 5.88. The van der Waals surface area contributed by atoms with Crippen LogP contribution in [0.25, 0.3) is 0 Å². The van der Waals surface area contributed by atoms with Crippen molar-refractivity contribution in [1.29, 1.82) is 0 Å². The summed E-state index contributed by atoms with van der Waals surface area (Å²) in [6.07, 6.45) is 7.09. The molecule has 1 aromatic rings. The molecule has 1 saturated heterocycles. The van der Waals surface area contributed by atoms with E-state index in [1.54, 1.807) is 0 Å². The highest BCUT2D eigenvalue weighted by molar-refractivity contribution is 6.09. The minimum absolute atomic E-state index is 0.115. The van der Waals surface area contributed by atoms with E-state index >= 15 is 0 Å². The number of imide groups is 1. The van der Waals surface area contributed by atoms with E-state index in [0.29, 0.717) is 12.8 Å². The summed E-state index contributed by atoms with van der Waals surface area (Å²) in [5.41, 5.74) is 0.237. The lowest BCUT2D eigenvalue weighted by Gasteiger charge is -2.25. The Bertz CT molecular complexity index is 681. The summed E-state index contributed by atoms with van der Waals surface area (Å²) in [6, 6.07) is 9.23. The minimum Gasteiger partial charge on any atom is -0.348 e. The third-order valence-electron chi connectivity index (χ3n) is 5.62. The zero-order chi connectivity index (χ0) is 19.3. The molecule has 3 rings (SSSR count). The van der Waals surface area contributed by atoms with Crippen LogP contribution in [0, 0.1) is 0 Å². The number of amides is 4. The van der Waals surface area contributed by atoms with Gasteiger partial charge in [0.25, 0.3) is 5.91 Å². The maximum Gasteiger partial charge on any atom is 0.325 e. The predicted molar refractivity (Wildman–Crippen MR) is 103 cm³/mol. The second-order valence-corrected chi connectivity index (χ2v) is 7.64. The number of hydrogen-bond acceptors (Lipinski definition) is 3. The second-order valence-electron chi connectivity index (χ2n) is 7.64. The molecule has 6 heteroatoms. The third kappa shape index (κ3) is 4.31. The number of urea groups is 1. The Balaban J connectivity index is 1.66. The monoisotopic (exact) mass is 371 g/mol. The van der Waals surface area contributed by atoms with E-state index < -0.39 is 11.6 Å². The fraction of sp³-hybridized carbons (Fsp3) is 0.571. The Morgan fingerprint density at radius 2 is 1.81 bits per heavy atom. The van der Waals surface area contributed by atoms with Crippen LogP contribution >= 0.6 is 0 Å². The largest absolute Gasteiger partial charge is 0.348 e. The average molecular weight is 371 g/mol. The molecule has 146 valence electrons. The van der Waals surface area contributed by atoms with Gasteiger partial charge in [0.2, 0.25) is 5.91 Å². The van der Waals surface area contributed by atoms with E-state index in [9.17, 15) is 14.4 Å². The van der Waals surface area contributed by atoms with Gasteiger partial charge in [0.1, 0.15) is 12.1 Å². The van der Waals surface area contributed by atoms with Crippen molar-refractivity contribution in [3.63, 3.8) is 0 Å². The summed E-state index contributed by atoms with van der Waals surface area (Å²) in [6.45, 7) is 1.84. The highest BCUT2D eigenvalue weighted by atomic mass is 16.2. The SMILES string of the molecule is CCC[C@H](NC(=O)CN1C(=O)NC2(CCCCCC2)C1=O)c1ccccc1. The molecular weight excluding hydrogens is 342 g/mol. The zero-order valence-corrected chi connectivity index (χ0v) is 16.0. The Morgan fingerprint density at radius 3 is 2.44 bits per heavy atom. The number of hydrogen-bond donors (Lipinski definition) is 2. The highest BCUT2D eigenvalue weighted by Gasteiger charge is 2.51. The third-order valence-corrected chi connectivity index (χ3v) is 5.62. The molecule has 0 radical (unpaired) electrons. The molecule has 6 nitrogen and oxygen atoms in total. The average Bonchev–Trinajstić information content (AvgIpc) is 2.84. The van der Waals surface area contributed by atoms with Crippen LogP contribution in [0.4, 0.5) is 4.79 Å². The molecule has 2 fully saturated rings. The molecule has 2 N–H and O–H groups in total. The molecule has 0 unspecified atom stereocenters. The lowest BCUT2D eigenvalue weighted by Crippen LogP contribution is -2.47. The summed E-state index contributed by atoms with van der Waals surface area (Å²) in [4.78, 5) is 39.0. The van der Waals surface area contributed by atoms with Gasteiger partial charge in [0.05, 0.1) is 6.04 Å². The topological polar surface area (TPSA) is 78.5 Å². The summed E-state index contributed by atoms with van der Waals surface area (Å²) < 4.78 is 0. The first-order valence-electron chi connectivity index (χ1n) is 10.0. The van der Waals surface area contributed by atoms with Crippen molar-refractivity contribution >= 4 is 17.8 Å². The number of rotatable bonds is 6. The van der Waals surface area contributed by atoms with Crippen molar-refractivity contribution < 1.29 is 14.4 Å². The van der Waals surface area contributed by atoms with Crippen molar-refractivity contribution in [3.8, 4) is 0 Å². The normalized spacial score (nSPS) is 20.3. The molecule has 2 aliphatic rings. The van der Waals surface area contributed by atoms with Crippen molar-refractivity contribution in [2.24, 2.45) is 0 Å². The van der Waals surface area contributed by atoms with E-state index in [4.69, 9.17) is 0 Å². The van der Waals surface area contributed by atoms with Gasteiger partial charge < -0.3 is 10.6 Å². The van der Waals surface area contributed by atoms with Gasteiger partial charge in [-0.05, 0) is 24.8 Å². The highest BCUT2D eigenvalue weighted by Crippen LogP contribution is 2.32. The minimum atomic E-state index is -0.796. The number of carbonyl (C=O) groups excluding carboxylic acids is 3.